The summed E-state index contributed by atoms with van der Waals surface area (Å²) in [6.45, 7) is 1.64. The third-order valence-electron chi connectivity index (χ3n) is 3.49. The first-order valence-electron chi connectivity index (χ1n) is 7.17. The van der Waals surface area contributed by atoms with E-state index in [1.165, 1.54) is 0 Å². The van der Waals surface area contributed by atoms with E-state index in [1.807, 2.05) is 30.3 Å². The molecule has 2 aromatic rings. The van der Waals surface area contributed by atoms with Crippen LogP contribution in [0.5, 0.6) is 0 Å². The maximum absolute atomic E-state index is 12.3. The molecule has 0 aliphatic heterocycles. The minimum Gasteiger partial charge on any atom is -0.440 e. The number of rotatable bonds is 5. The Morgan fingerprint density at radius 3 is 2.76 bits per heavy atom. The van der Waals surface area contributed by atoms with Crippen LogP contribution in [0.15, 0.2) is 34.7 Å². The van der Waals surface area contributed by atoms with Crippen LogP contribution >= 0.6 is 0 Å². The topological polar surface area (TPSA) is 75.4 Å². The number of aliphatic hydroxyl groups excluding tert-OH is 1. The van der Waals surface area contributed by atoms with Crippen molar-refractivity contribution in [2.75, 3.05) is 6.61 Å². The number of benzene rings is 1. The maximum atomic E-state index is 12.3. The fourth-order valence-electron chi connectivity index (χ4n) is 2.16. The summed E-state index contributed by atoms with van der Waals surface area (Å²) in [6.07, 6.45) is 2.05. The predicted molar refractivity (Wildman–Crippen MR) is 77.9 cm³/mol. The molecule has 1 atom stereocenters. The van der Waals surface area contributed by atoms with Crippen LogP contribution in [-0.2, 0) is 0 Å². The zero-order valence-electron chi connectivity index (χ0n) is 11.9. The number of carbonyl (C=O) groups is 1. The van der Waals surface area contributed by atoms with Crippen molar-refractivity contribution < 1.29 is 14.3 Å². The highest BCUT2D eigenvalue weighted by molar-refractivity contribution is 5.94. The lowest BCUT2D eigenvalue weighted by molar-refractivity contribution is 0.0916. The average Bonchev–Trinajstić information content (AvgIpc) is 3.26. The van der Waals surface area contributed by atoms with Crippen LogP contribution in [0.2, 0.25) is 0 Å². The normalized spacial score (nSPS) is 15.7. The molecular weight excluding hydrogens is 268 g/mol. The first-order valence-corrected chi connectivity index (χ1v) is 7.17. The SMILES string of the molecule is CC(CO)NC(=O)c1nc(-c2ccccc2)oc1C1CC1. The Balaban J connectivity index is 1.92. The monoisotopic (exact) mass is 286 g/mol. The third kappa shape index (κ3) is 2.97. The number of aliphatic hydroxyl groups is 1. The molecule has 1 aromatic carbocycles. The summed E-state index contributed by atoms with van der Waals surface area (Å²) in [6, 6.07) is 9.24. The molecule has 3 rings (SSSR count). The Morgan fingerprint density at radius 1 is 1.43 bits per heavy atom. The Morgan fingerprint density at radius 2 is 2.14 bits per heavy atom. The number of aromatic nitrogens is 1. The summed E-state index contributed by atoms with van der Waals surface area (Å²) in [5.74, 6) is 1.14. The molecule has 0 bridgehead atoms. The molecule has 0 radical (unpaired) electrons. The van der Waals surface area contributed by atoms with Crippen molar-refractivity contribution in [3.05, 3.63) is 41.8 Å². The van der Waals surface area contributed by atoms with E-state index in [-0.39, 0.29) is 18.6 Å². The number of hydrogen-bond acceptors (Lipinski definition) is 4. The zero-order chi connectivity index (χ0) is 14.8. The molecule has 110 valence electrons. The number of carbonyl (C=O) groups excluding carboxylic acids is 1. The van der Waals surface area contributed by atoms with Gasteiger partial charge in [0, 0.05) is 17.5 Å². The van der Waals surface area contributed by atoms with Crippen molar-refractivity contribution in [3.8, 4) is 11.5 Å². The summed E-state index contributed by atoms with van der Waals surface area (Å²) in [7, 11) is 0. The molecule has 2 N–H and O–H groups in total. The van der Waals surface area contributed by atoms with Crippen LogP contribution in [0.25, 0.3) is 11.5 Å². The largest absolute Gasteiger partial charge is 0.440 e. The van der Waals surface area contributed by atoms with E-state index >= 15 is 0 Å². The first kappa shape index (κ1) is 13.8. The van der Waals surface area contributed by atoms with Gasteiger partial charge in [0.1, 0.15) is 5.76 Å². The molecule has 1 heterocycles. The van der Waals surface area contributed by atoms with Crippen molar-refractivity contribution in [3.63, 3.8) is 0 Å². The first-order chi connectivity index (χ1) is 10.2. The van der Waals surface area contributed by atoms with Gasteiger partial charge in [-0.3, -0.25) is 4.79 Å². The quantitative estimate of drug-likeness (QED) is 0.884. The molecule has 21 heavy (non-hydrogen) atoms. The standard InChI is InChI=1S/C16H18N2O3/c1-10(9-19)17-15(20)13-14(11-7-8-11)21-16(18-13)12-5-3-2-4-6-12/h2-6,10-11,19H,7-9H2,1H3,(H,17,20). The van der Waals surface area contributed by atoms with Crippen LogP contribution in [0.1, 0.15) is 41.9 Å². The highest BCUT2D eigenvalue weighted by atomic mass is 16.4. The summed E-state index contributed by atoms with van der Waals surface area (Å²) in [5, 5.41) is 11.8. The fraction of sp³-hybridized carbons (Fsp3) is 0.375. The van der Waals surface area contributed by atoms with E-state index in [1.54, 1.807) is 6.92 Å². The van der Waals surface area contributed by atoms with Crippen molar-refractivity contribution in [2.24, 2.45) is 0 Å². The fourth-order valence-corrected chi connectivity index (χ4v) is 2.16. The molecule has 1 saturated carbocycles. The van der Waals surface area contributed by atoms with Gasteiger partial charge in [-0.05, 0) is 31.9 Å². The molecule has 1 amide bonds. The van der Waals surface area contributed by atoms with Gasteiger partial charge in [-0.2, -0.15) is 0 Å². The van der Waals surface area contributed by atoms with Gasteiger partial charge < -0.3 is 14.8 Å². The molecule has 1 fully saturated rings. The average molecular weight is 286 g/mol. The Kier molecular flexibility index (Phi) is 3.75. The van der Waals surface area contributed by atoms with E-state index in [2.05, 4.69) is 10.3 Å². The lowest BCUT2D eigenvalue weighted by Crippen LogP contribution is -2.35. The second kappa shape index (κ2) is 5.69. The molecule has 5 nitrogen and oxygen atoms in total. The third-order valence-corrected chi connectivity index (χ3v) is 3.49. The van der Waals surface area contributed by atoms with Gasteiger partial charge in [-0.25, -0.2) is 4.98 Å². The van der Waals surface area contributed by atoms with Gasteiger partial charge in [0.25, 0.3) is 5.91 Å². The van der Waals surface area contributed by atoms with Crippen molar-refractivity contribution in [2.45, 2.75) is 31.7 Å². The Hall–Kier alpha value is -2.14. The second-order valence-corrected chi connectivity index (χ2v) is 5.43. The van der Waals surface area contributed by atoms with Crippen LogP contribution in [0, 0.1) is 0 Å². The van der Waals surface area contributed by atoms with E-state index in [0.29, 0.717) is 23.3 Å². The van der Waals surface area contributed by atoms with Gasteiger partial charge in [0.2, 0.25) is 5.89 Å². The molecule has 0 spiro atoms. The maximum Gasteiger partial charge on any atom is 0.273 e. The second-order valence-electron chi connectivity index (χ2n) is 5.43. The van der Waals surface area contributed by atoms with Crippen molar-refractivity contribution >= 4 is 5.91 Å². The van der Waals surface area contributed by atoms with Gasteiger partial charge in [-0.15, -0.1) is 0 Å². The van der Waals surface area contributed by atoms with Crippen LogP contribution in [0.4, 0.5) is 0 Å². The lowest BCUT2D eigenvalue weighted by atomic mass is 10.2. The number of hydrogen-bond donors (Lipinski definition) is 2. The van der Waals surface area contributed by atoms with Gasteiger partial charge in [-0.1, -0.05) is 18.2 Å². The highest BCUT2D eigenvalue weighted by Gasteiger charge is 2.34. The lowest BCUT2D eigenvalue weighted by Gasteiger charge is -2.09. The van der Waals surface area contributed by atoms with Crippen LogP contribution < -0.4 is 5.32 Å². The van der Waals surface area contributed by atoms with E-state index in [4.69, 9.17) is 9.52 Å². The molecule has 5 heteroatoms. The molecule has 1 aliphatic carbocycles. The number of amides is 1. The number of nitrogens with zero attached hydrogens (tertiary/aromatic N) is 1. The summed E-state index contributed by atoms with van der Waals surface area (Å²) in [5.41, 5.74) is 1.20. The zero-order valence-corrected chi connectivity index (χ0v) is 11.9. The Labute approximate surface area is 123 Å². The van der Waals surface area contributed by atoms with Crippen molar-refractivity contribution in [1.82, 2.24) is 10.3 Å². The smallest absolute Gasteiger partial charge is 0.273 e. The molecule has 0 saturated heterocycles. The molecule has 1 aliphatic rings. The van der Waals surface area contributed by atoms with Gasteiger partial charge >= 0.3 is 0 Å². The summed E-state index contributed by atoms with van der Waals surface area (Å²) >= 11 is 0. The Bertz CT molecular complexity index is 632. The van der Waals surface area contributed by atoms with Crippen LogP contribution in [-0.4, -0.2) is 28.6 Å². The van der Waals surface area contributed by atoms with Crippen molar-refractivity contribution in [1.29, 1.82) is 0 Å². The molecule has 1 unspecified atom stereocenters. The van der Waals surface area contributed by atoms with E-state index in [0.717, 1.165) is 18.4 Å². The van der Waals surface area contributed by atoms with E-state index in [9.17, 15) is 4.79 Å². The molecule has 1 aromatic heterocycles. The minimum absolute atomic E-state index is 0.103. The van der Waals surface area contributed by atoms with E-state index < -0.39 is 0 Å². The summed E-state index contributed by atoms with van der Waals surface area (Å²) < 4.78 is 5.83. The van der Waals surface area contributed by atoms with Crippen LogP contribution in [0.3, 0.4) is 0 Å². The summed E-state index contributed by atoms with van der Waals surface area (Å²) in [4.78, 5) is 16.6. The molecular formula is C16H18N2O3. The van der Waals surface area contributed by atoms with Gasteiger partial charge in [0.05, 0.1) is 6.61 Å². The predicted octanol–water partition coefficient (Wildman–Crippen LogP) is 2.33. The van der Waals surface area contributed by atoms with Gasteiger partial charge in [0.15, 0.2) is 5.69 Å². The minimum atomic E-state index is -0.304. The number of nitrogens with one attached hydrogen (secondary N) is 1. The number of oxazole rings is 1. The highest BCUT2D eigenvalue weighted by Crippen LogP contribution is 2.43.